The van der Waals surface area contributed by atoms with E-state index < -0.39 is 17.7 Å². The maximum Gasteiger partial charge on any atom is 0.290 e. The number of nitrogens with zero attached hydrogens (tertiary/aromatic N) is 1. The molecular formula is C17H15NO5. The number of aliphatic hydroxyl groups is 1. The van der Waals surface area contributed by atoms with Crippen molar-refractivity contribution >= 4 is 11.7 Å². The fourth-order valence-electron chi connectivity index (χ4n) is 2.75. The zero-order valence-electron chi connectivity index (χ0n) is 12.4. The van der Waals surface area contributed by atoms with Crippen LogP contribution in [0.4, 0.5) is 0 Å². The fraction of sp³-hybridized carbons (Fsp3) is 0.176. The zero-order valence-corrected chi connectivity index (χ0v) is 12.4. The van der Waals surface area contributed by atoms with Gasteiger partial charge in [-0.3, -0.25) is 9.59 Å². The Morgan fingerprint density at radius 1 is 1.22 bits per heavy atom. The second-order valence-electron chi connectivity index (χ2n) is 5.32. The lowest BCUT2D eigenvalue weighted by Gasteiger charge is -2.25. The lowest BCUT2D eigenvalue weighted by Crippen LogP contribution is -2.30. The van der Waals surface area contributed by atoms with Crippen molar-refractivity contribution in [2.24, 2.45) is 0 Å². The van der Waals surface area contributed by atoms with Crippen molar-refractivity contribution in [3.63, 3.8) is 0 Å². The van der Waals surface area contributed by atoms with E-state index in [1.807, 2.05) is 0 Å². The van der Waals surface area contributed by atoms with E-state index in [1.54, 1.807) is 24.3 Å². The Balaban J connectivity index is 2.05. The summed E-state index contributed by atoms with van der Waals surface area (Å²) in [4.78, 5) is 25.7. The number of phenolic OH excluding ortho intramolecular Hbond substituents is 1. The van der Waals surface area contributed by atoms with Gasteiger partial charge in [0, 0.05) is 0 Å². The minimum Gasteiger partial charge on any atom is -0.508 e. The SMILES string of the molecule is CC(=O)C1=C(O)C(=O)N(Cc2ccco2)[C@H]1c1ccc(O)cc1. The molecule has 118 valence electrons. The number of hydrogen-bond donors (Lipinski definition) is 2. The van der Waals surface area contributed by atoms with E-state index >= 15 is 0 Å². The van der Waals surface area contributed by atoms with Gasteiger partial charge in [0.2, 0.25) is 0 Å². The van der Waals surface area contributed by atoms with Gasteiger partial charge in [-0.15, -0.1) is 0 Å². The summed E-state index contributed by atoms with van der Waals surface area (Å²) in [5.74, 6) is -0.921. The normalized spacial score (nSPS) is 17.9. The van der Waals surface area contributed by atoms with E-state index in [1.165, 1.54) is 30.2 Å². The van der Waals surface area contributed by atoms with E-state index in [0.717, 1.165) is 0 Å². The molecule has 0 fully saturated rings. The van der Waals surface area contributed by atoms with Crippen LogP contribution in [0.5, 0.6) is 5.75 Å². The minimum atomic E-state index is -0.717. The third-order valence-corrected chi connectivity index (χ3v) is 3.80. The summed E-state index contributed by atoms with van der Waals surface area (Å²) in [6.45, 7) is 1.43. The number of rotatable bonds is 4. The molecule has 0 unspecified atom stereocenters. The summed E-state index contributed by atoms with van der Waals surface area (Å²) in [7, 11) is 0. The van der Waals surface area contributed by atoms with Crippen LogP contribution in [0.3, 0.4) is 0 Å². The number of carbonyl (C=O) groups excluding carboxylic acids is 2. The van der Waals surface area contributed by atoms with Crippen LogP contribution in [-0.4, -0.2) is 26.8 Å². The topological polar surface area (TPSA) is 91.0 Å². The highest BCUT2D eigenvalue weighted by molar-refractivity contribution is 6.08. The van der Waals surface area contributed by atoms with Crippen molar-refractivity contribution in [3.05, 3.63) is 65.3 Å². The van der Waals surface area contributed by atoms with Gasteiger partial charge in [0.1, 0.15) is 11.5 Å². The first-order valence-electron chi connectivity index (χ1n) is 7.05. The van der Waals surface area contributed by atoms with Gasteiger partial charge in [0.25, 0.3) is 5.91 Å². The van der Waals surface area contributed by atoms with Gasteiger partial charge in [-0.05, 0) is 36.8 Å². The maximum atomic E-state index is 12.4. The van der Waals surface area contributed by atoms with Gasteiger partial charge >= 0.3 is 0 Å². The van der Waals surface area contributed by atoms with Gasteiger partial charge in [-0.25, -0.2) is 0 Å². The quantitative estimate of drug-likeness (QED) is 0.905. The highest BCUT2D eigenvalue weighted by Gasteiger charge is 2.42. The summed E-state index contributed by atoms with van der Waals surface area (Å²) in [5.41, 5.74) is 0.671. The van der Waals surface area contributed by atoms with Crippen molar-refractivity contribution in [2.75, 3.05) is 0 Å². The number of furan rings is 1. The third-order valence-electron chi connectivity index (χ3n) is 3.80. The summed E-state index contributed by atoms with van der Waals surface area (Å²) in [5, 5.41) is 19.5. The van der Waals surface area contributed by atoms with Gasteiger partial charge in [0.15, 0.2) is 11.5 Å². The molecule has 1 amide bonds. The number of amides is 1. The second kappa shape index (κ2) is 5.64. The van der Waals surface area contributed by atoms with Crippen molar-refractivity contribution in [1.82, 2.24) is 4.90 Å². The van der Waals surface area contributed by atoms with Crippen molar-refractivity contribution in [3.8, 4) is 5.75 Å². The van der Waals surface area contributed by atoms with Crippen LogP contribution in [0.1, 0.15) is 24.3 Å². The molecule has 0 spiro atoms. The Morgan fingerprint density at radius 3 is 2.48 bits per heavy atom. The first kappa shape index (κ1) is 14.9. The molecule has 1 atom stereocenters. The summed E-state index contributed by atoms with van der Waals surface area (Å²) in [6, 6.07) is 8.86. The maximum absolute atomic E-state index is 12.4. The Labute approximate surface area is 132 Å². The molecule has 1 aliphatic heterocycles. The molecule has 1 aromatic heterocycles. The number of aliphatic hydroxyl groups excluding tert-OH is 1. The number of phenols is 1. The van der Waals surface area contributed by atoms with Crippen LogP contribution in [0.15, 0.2) is 58.4 Å². The molecule has 0 saturated carbocycles. The van der Waals surface area contributed by atoms with Gasteiger partial charge in [-0.1, -0.05) is 12.1 Å². The molecule has 0 bridgehead atoms. The number of Topliss-reactive ketones (excluding diaryl/α,β-unsaturated/α-hetero) is 1. The average molecular weight is 313 g/mol. The molecule has 0 saturated heterocycles. The Morgan fingerprint density at radius 2 is 1.91 bits per heavy atom. The minimum absolute atomic E-state index is 0.0484. The fourth-order valence-corrected chi connectivity index (χ4v) is 2.75. The summed E-state index contributed by atoms with van der Waals surface area (Å²) >= 11 is 0. The van der Waals surface area contributed by atoms with E-state index in [-0.39, 0.29) is 23.7 Å². The lowest BCUT2D eigenvalue weighted by molar-refractivity contribution is -0.130. The lowest BCUT2D eigenvalue weighted by atomic mass is 9.96. The van der Waals surface area contributed by atoms with E-state index in [4.69, 9.17) is 4.42 Å². The zero-order chi connectivity index (χ0) is 16.6. The second-order valence-corrected chi connectivity index (χ2v) is 5.32. The molecular weight excluding hydrogens is 298 g/mol. The molecule has 2 aromatic rings. The Kier molecular flexibility index (Phi) is 3.65. The highest BCUT2D eigenvalue weighted by atomic mass is 16.3. The predicted molar refractivity (Wildman–Crippen MR) is 80.4 cm³/mol. The number of hydrogen-bond acceptors (Lipinski definition) is 5. The molecule has 0 aliphatic carbocycles. The molecule has 23 heavy (non-hydrogen) atoms. The molecule has 1 aromatic carbocycles. The predicted octanol–water partition coefficient (Wildman–Crippen LogP) is 2.47. The standard InChI is InChI=1S/C17H15NO5/c1-10(19)14-15(11-4-6-12(20)7-5-11)18(17(22)16(14)21)9-13-3-2-8-23-13/h2-8,15,20-21H,9H2,1H3/t15-/m0/s1. The van der Waals surface area contributed by atoms with E-state index in [2.05, 4.69) is 0 Å². The molecule has 2 heterocycles. The number of aromatic hydroxyl groups is 1. The average Bonchev–Trinajstić information content (AvgIpc) is 3.10. The molecule has 2 N–H and O–H groups in total. The number of carbonyl (C=O) groups is 2. The first-order valence-corrected chi connectivity index (χ1v) is 7.05. The van der Waals surface area contributed by atoms with Crippen LogP contribution >= 0.6 is 0 Å². The van der Waals surface area contributed by atoms with Gasteiger partial charge in [0.05, 0.1) is 24.4 Å². The highest BCUT2D eigenvalue weighted by Crippen LogP contribution is 2.39. The van der Waals surface area contributed by atoms with E-state index in [9.17, 15) is 19.8 Å². The largest absolute Gasteiger partial charge is 0.508 e. The smallest absolute Gasteiger partial charge is 0.290 e. The van der Waals surface area contributed by atoms with Crippen molar-refractivity contribution in [1.29, 1.82) is 0 Å². The van der Waals surface area contributed by atoms with Crippen LogP contribution in [0, 0.1) is 0 Å². The molecule has 6 heteroatoms. The monoisotopic (exact) mass is 313 g/mol. The Hall–Kier alpha value is -3.02. The van der Waals surface area contributed by atoms with Crippen LogP contribution in [0.25, 0.3) is 0 Å². The van der Waals surface area contributed by atoms with Gasteiger partial charge < -0.3 is 19.5 Å². The summed E-state index contributed by atoms with van der Waals surface area (Å²) < 4.78 is 5.26. The van der Waals surface area contributed by atoms with Crippen molar-refractivity contribution in [2.45, 2.75) is 19.5 Å². The van der Waals surface area contributed by atoms with Crippen LogP contribution in [0.2, 0.25) is 0 Å². The van der Waals surface area contributed by atoms with Crippen LogP contribution < -0.4 is 0 Å². The first-order chi connectivity index (χ1) is 11.0. The summed E-state index contributed by atoms with van der Waals surface area (Å²) in [6.07, 6.45) is 1.49. The molecule has 3 rings (SSSR count). The third kappa shape index (κ3) is 2.59. The van der Waals surface area contributed by atoms with Crippen molar-refractivity contribution < 1.29 is 24.2 Å². The van der Waals surface area contributed by atoms with Crippen LogP contribution in [-0.2, 0) is 16.1 Å². The molecule has 0 radical (unpaired) electrons. The number of benzene rings is 1. The van der Waals surface area contributed by atoms with E-state index in [0.29, 0.717) is 11.3 Å². The Bertz CT molecular complexity index is 774. The van der Waals surface area contributed by atoms with Gasteiger partial charge in [-0.2, -0.15) is 0 Å². The molecule has 1 aliphatic rings. The number of ketones is 1. The molecule has 6 nitrogen and oxygen atoms in total.